The molecule has 0 radical (unpaired) electrons. The van der Waals surface area contributed by atoms with Gasteiger partial charge in [0, 0.05) is 65.2 Å². The highest BCUT2D eigenvalue weighted by atomic mass is 16.2. The van der Waals surface area contributed by atoms with Gasteiger partial charge < -0.3 is 20.0 Å². The third-order valence-corrected chi connectivity index (χ3v) is 4.80. The molecule has 130 valence electrons. The molecule has 0 aromatic heterocycles. The van der Waals surface area contributed by atoms with Gasteiger partial charge in [0.25, 0.3) is 0 Å². The van der Waals surface area contributed by atoms with E-state index in [1.807, 2.05) is 50.3 Å². The molecule has 2 aliphatic heterocycles. The Balaban J connectivity index is 1.62. The highest BCUT2D eigenvalue weighted by Gasteiger charge is 2.38. The number of anilines is 2. The number of carbonyl (C=O) groups excluding carboxylic acids is 2. The second kappa shape index (κ2) is 6.68. The zero-order chi connectivity index (χ0) is 17.3. The van der Waals surface area contributed by atoms with E-state index in [2.05, 4.69) is 10.2 Å². The van der Waals surface area contributed by atoms with Crippen LogP contribution in [0.15, 0.2) is 24.3 Å². The van der Waals surface area contributed by atoms with Crippen LogP contribution in [0, 0.1) is 0 Å². The Kier molecular flexibility index (Phi) is 4.62. The number of fused-ring (bicyclic) bond motifs is 1. The summed E-state index contributed by atoms with van der Waals surface area (Å²) in [6.45, 7) is 3.49. The van der Waals surface area contributed by atoms with E-state index in [9.17, 15) is 9.59 Å². The SMILES string of the molecule is CN1CCN2CCN(C(=O)Nc3ccc(N(C)C)cc3)CC2C1=O. The van der Waals surface area contributed by atoms with Crippen LogP contribution in [0.25, 0.3) is 0 Å². The Bertz CT molecular complexity index is 616. The van der Waals surface area contributed by atoms with E-state index >= 15 is 0 Å². The number of hydrogen-bond donors (Lipinski definition) is 1. The molecule has 1 unspecified atom stereocenters. The molecule has 0 spiro atoms. The molecule has 1 aromatic carbocycles. The van der Waals surface area contributed by atoms with Gasteiger partial charge in [-0.15, -0.1) is 0 Å². The van der Waals surface area contributed by atoms with Crippen molar-refractivity contribution >= 4 is 23.3 Å². The number of amides is 3. The van der Waals surface area contributed by atoms with Gasteiger partial charge in [-0.3, -0.25) is 9.69 Å². The number of urea groups is 1. The van der Waals surface area contributed by atoms with Gasteiger partial charge in [0.15, 0.2) is 0 Å². The summed E-state index contributed by atoms with van der Waals surface area (Å²) in [5.74, 6) is 0.106. The minimum Gasteiger partial charge on any atom is -0.378 e. The number of nitrogens with zero attached hydrogens (tertiary/aromatic N) is 4. The van der Waals surface area contributed by atoms with E-state index in [1.165, 1.54) is 0 Å². The number of piperazine rings is 2. The number of carbonyl (C=O) groups is 2. The first kappa shape index (κ1) is 16.6. The van der Waals surface area contributed by atoms with Crippen LogP contribution in [0.2, 0.25) is 0 Å². The fourth-order valence-electron chi connectivity index (χ4n) is 3.20. The molecule has 2 aliphatic rings. The molecule has 2 fully saturated rings. The number of nitrogens with one attached hydrogen (secondary N) is 1. The minimum atomic E-state index is -0.209. The lowest BCUT2D eigenvalue weighted by atomic mass is 10.1. The van der Waals surface area contributed by atoms with Crippen molar-refractivity contribution in [3.63, 3.8) is 0 Å². The summed E-state index contributed by atoms with van der Waals surface area (Å²) in [4.78, 5) is 32.5. The summed E-state index contributed by atoms with van der Waals surface area (Å²) in [6, 6.07) is 7.36. The van der Waals surface area contributed by atoms with Crippen molar-refractivity contribution in [2.45, 2.75) is 6.04 Å². The van der Waals surface area contributed by atoms with Gasteiger partial charge in [0.05, 0.1) is 0 Å². The molecule has 0 aliphatic carbocycles. The fourth-order valence-corrected chi connectivity index (χ4v) is 3.20. The topological polar surface area (TPSA) is 59.1 Å². The maximum Gasteiger partial charge on any atom is 0.321 e. The molecule has 7 nitrogen and oxygen atoms in total. The summed E-state index contributed by atoms with van der Waals surface area (Å²) >= 11 is 0. The van der Waals surface area contributed by atoms with Gasteiger partial charge in [-0.2, -0.15) is 0 Å². The molecule has 2 saturated heterocycles. The van der Waals surface area contributed by atoms with Crippen LogP contribution in [0.3, 0.4) is 0 Å². The summed E-state index contributed by atoms with van der Waals surface area (Å²) in [6.07, 6.45) is 0. The Labute approximate surface area is 142 Å². The van der Waals surface area contributed by atoms with Crippen LogP contribution in [0.4, 0.5) is 16.2 Å². The van der Waals surface area contributed by atoms with E-state index in [-0.39, 0.29) is 18.0 Å². The molecule has 0 saturated carbocycles. The van der Waals surface area contributed by atoms with Gasteiger partial charge in [-0.05, 0) is 24.3 Å². The zero-order valence-electron chi connectivity index (χ0n) is 14.5. The fraction of sp³-hybridized carbons (Fsp3) is 0.529. The van der Waals surface area contributed by atoms with Gasteiger partial charge in [-0.25, -0.2) is 4.79 Å². The Morgan fingerprint density at radius 3 is 2.46 bits per heavy atom. The highest BCUT2D eigenvalue weighted by Crippen LogP contribution is 2.19. The van der Waals surface area contributed by atoms with Crippen LogP contribution in [0.5, 0.6) is 0 Å². The monoisotopic (exact) mass is 331 g/mol. The minimum absolute atomic E-state index is 0.106. The number of hydrogen-bond acceptors (Lipinski definition) is 4. The lowest BCUT2D eigenvalue weighted by Crippen LogP contribution is -2.65. The van der Waals surface area contributed by atoms with E-state index in [4.69, 9.17) is 0 Å². The molecular formula is C17H25N5O2. The average Bonchev–Trinajstić information content (AvgIpc) is 2.58. The van der Waals surface area contributed by atoms with E-state index < -0.39 is 0 Å². The van der Waals surface area contributed by atoms with Crippen molar-refractivity contribution in [1.29, 1.82) is 0 Å². The third kappa shape index (κ3) is 3.31. The van der Waals surface area contributed by atoms with Crippen molar-refractivity contribution in [3.05, 3.63) is 24.3 Å². The number of benzene rings is 1. The first-order chi connectivity index (χ1) is 11.5. The molecule has 2 heterocycles. The second-order valence-corrected chi connectivity index (χ2v) is 6.63. The summed E-state index contributed by atoms with van der Waals surface area (Å²) < 4.78 is 0. The van der Waals surface area contributed by atoms with Crippen LogP contribution >= 0.6 is 0 Å². The normalized spacial score (nSPS) is 21.5. The predicted octanol–water partition coefficient (Wildman–Crippen LogP) is 0.743. The van der Waals surface area contributed by atoms with Crippen LogP contribution in [0.1, 0.15) is 0 Å². The van der Waals surface area contributed by atoms with E-state index in [1.54, 1.807) is 9.80 Å². The van der Waals surface area contributed by atoms with Crippen molar-refractivity contribution < 1.29 is 9.59 Å². The van der Waals surface area contributed by atoms with E-state index in [0.717, 1.165) is 31.0 Å². The van der Waals surface area contributed by atoms with Gasteiger partial charge in [0.2, 0.25) is 5.91 Å². The predicted molar refractivity (Wildman–Crippen MR) is 94.4 cm³/mol. The Morgan fingerprint density at radius 2 is 1.79 bits per heavy atom. The largest absolute Gasteiger partial charge is 0.378 e. The Hall–Kier alpha value is -2.28. The van der Waals surface area contributed by atoms with Gasteiger partial charge in [0.1, 0.15) is 6.04 Å². The van der Waals surface area contributed by atoms with Crippen LogP contribution in [-0.2, 0) is 4.79 Å². The van der Waals surface area contributed by atoms with Crippen molar-refractivity contribution in [2.24, 2.45) is 0 Å². The molecule has 1 N–H and O–H groups in total. The molecule has 0 bridgehead atoms. The van der Waals surface area contributed by atoms with Crippen molar-refractivity contribution in [2.75, 3.05) is 64.1 Å². The lowest BCUT2D eigenvalue weighted by molar-refractivity contribution is -0.142. The first-order valence-corrected chi connectivity index (χ1v) is 8.28. The number of likely N-dealkylation sites (N-methyl/N-ethyl adjacent to an activating group) is 1. The molecular weight excluding hydrogens is 306 g/mol. The van der Waals surface area contributed by atoms with E-state index in [0.29, 0.717) is 13.1 Å². The summed E-state index contributed by atoms with van der Waals surface area (Å²) in [7, 11) is 5.78. The Morgan fingerprint density at radius 1 is 1.12 bits per heavy atom. The van der Waals surface area contributed by atoms with Gasteiger partial charge >= 0.3 is 6.03 Å². The summed E-state index contributed by atoms with van der Waals surface area (Å²) in [5.41, 5.74) is 1.84. The standard InChI is InChI=1S/C17H25N5O2/c1-19(2)14-6-4-13(5-7-14)18-17(24)22-11-10-21-9-8-20(3)16(23)15(21)12-22/h4-7,15H,8-12H2,1-3H3,(H,18,24). The third-order valence-electron chi connectivity index (χ3n) is 4.80. The summed E-state index contributed by atoms with van der Waals surface area (Å²) in [5, 5.41) is 2.92. The van der Waals surface area contributed by atoms with Crippen molar-refractivity contribution in [1.82, 2.24) is 14.7 Å². The quantitative estimate of drug-likeness (QED) is 0.868. The first-order valence-electron chi connectivity index (χ1n) is 8.28. The molecule has 3 rings (SSSR count). The highest BCUT2D eigenvalue weighted by molar-refractivity contribution is 5.91. The molecule has 3 amide bonds. The lowest BCUT2D eigenvalue weighted by Gasteiger charge is -2.45. The molecule has 7 heteroatoms. The second-order valence-electron chi connectivity index (χ2n) is 6.63. The van der Waals surface area contributed by atoms with Crippen LogP contribution < -0.4 is 10.2 Å². The maximum absolute atomic E-state index is 12.5. The number of rotatable bonds is 2. The zero-order valence-corrected chi connectivity index (χ0v) is 14.5. The smallest absolute Gasteiger partial charge is 0.321 e. The molecule has 1 atom stereocenters. The molecule has 24 heavy (non-hydrogen) atoms. The van der Waals surface area contributed by atoms with Gasteiger partial charge in [-0.1, -0.05) is 0 Å². The molecule has 1 aromatic rings. The maximum atomic E-state index is 12.5. The van der Waals surface area contributed by atoms with Crippen molar-refractivity contribution in [3.8, 4) is 0 Å². The average molecular weight is 331 g/mol. The van der Waals surface area contributed by atoms with Crippen LogP contribution in [-0.4, -0.2) is 86.5 Å².